The SMILES string of the molecule is Cc1cc(N2CCC(N(C)Cc3noc(C(C)C)n3)C2)nc(C)n1. The molecule has 1 aliphatic rings. The highest BCUT2D eigenvalue weighted by Gasteiger charge is 2.27. The summed E-state index contributed by atoms with van der Waals surface area (Å²) in [4.78, 5) is 18.0. The molecule has 0 spiro atoms. The van der Waals surface area contributed by atoms with E-state index in [1.807, 2.05) is 13.8 Å². The van der Waals surface area contributed by atoms with Crippen LogP contribution in [0.5, 0.6) is 0 Å². The van der Waals surface area contributed by atoms with E-state index in [1.165, 1.54) is 0 Å². The van der Waals surface area contributed by atoms with Crippen LogP contribution in [0.25, 0.3) is 0 Å². The van der Waals surface area contributed by atoms with E-state index in [9.17, 15) is 0 Å². The second kappa shape index (κ2) is 6.84. The lowest BCUT2D eigenvalue weighted by Gasteiger charge is -2.23. The van der Waals surface area contributed by atoms with E-state index in [2.05, 4.69) is 56.9 Å². The van der Waals surface area contributed by atoms with Gasteiger partial charge in [0.05, 0.1) is 6.54 Å². The zero-order chi connectivity index (χ0) is 17.3. The van der Waals surface area contributed by atoms with Gasteiger partial charge in [-0.15, -0.1) is 0 Å². The molecule has 1 fully saturated rings. The lowest BCUT2D eigenvalue weighted by Crippen LogP contribution is -2.34. The summed E-state index contributed by atoms with van der Waals surface area (Å²) in [5.74, 6) is 3.59. The van der Waals surface area contributed by atoms with Gasteiger partial charge >= 0.3 is 0 Å². The van der Waals surface area contributed by atoms with Crippen molar-refractivity contribution < 1.29 is 4.52 Å². The Morgan fingerprint density at radius 3 is 2.75 bits per heavy atom. The molecule has 130 valence electrons. The average molecular weight is 330 g/mol. The van der Waals surface area contributed by atoms with Gasteiger partial charge in [-0.1, -0.05) is 19.0 Å². The zero-order valence-electron chi connectivity index (χ0n) is 15.2. The van der Waals surface area contributed by atoms with Gasteiger partial charge in [0.15, 0.2) is 5.82 Å². The van der Waals surface area contributed by atoms with Gasteiger partial charge in [-0.05, 0) is 27.3 Å². The Bertz CT molecular complexity index is 678. The largest absolute Gasteiger partial charge is 0.355 e. The van der Waals surface area contributed by atoms with Crippen molar-refractivity contribution in [1.82, 2.24) is 25.0 Å². The molecule has 0 amide bonds. The van der Waals surface area contributed by atoms with Crippen LogP contribution in [0.15, 0.2) is 10.6 Å². The molecule has 2 aromatic heterocycles. The molecule has 3 rings (SSSR count). The number of aryl methyl sites for hydroxylation is 2. The van der Waals surface area contributed by atoms with Gasteiger partial charge in [0.25, 0.3) is 0 Å². The first-order chi connectivity index (χ1) is 11.4. The van der Waals surface area contributed by atoms with E-state index in [-0.39, 0.29) is 5.92 Å². The van der Waals surface area contributed by atoms with Gasteiger partial charge in [0, 0.05) is 36.8 Å². The number of nitrogens with zero attached hydrogens (tertiary/aromatic N) is 6. The molecule has 7 nitrogen and oxygen atoms in total. The number of hydrogen-bond acceptors (Lipinski definition) is 7. The fraction of sp³-hybridized carbons (Fsp3) is 0.647. The van der Waals surface area contributed by atoms with Crippen molar-refractivity contribution in [3.05, 3.63) is 29.3 Å². The average Bonchev–Trinajstić information content (AvgIpc) is 3.15. The Balaban J connectivity index is 1.61. The third-order valence-corrected chi connectivity index (χ3v) is 4.43. The number of likely N-dealkylation sites (N-methyl/N-ethyl adjacent to an activating group) is 1. The minimum absolute atomic E-state index is 0.266. The van der Waals surface area contributed by atoms with E-state index >= 15 is 0 Å². The fourth-order valence-electron chi connectivity index (χ4n) is 3.09. The van der Waals surface area contributed by atoms with Gasteiger partial charge in [-0.3, -0.25) is 4.90 Å². The normalized spacial score (nSPS) is 18.1. The molecule has 0 aromatic carbocycles. The van der Waals surface area contributed by atoms with Gasteiger partial charge in [0.2, 0.25) is 5.89 Å². The highest BCUT2D eigenvalue weighted by atomic mass is 16.5. The van der Waals surface area contributed by atoms with Gasteiger partial charge in [-0.25, -0.2) is 9.97 Å². The summed E-state index contributed by atoms with van der Waals surface area (Å²) in [5.41, 5.74) is 1.02. The van der Waals surface area contributed by atoms with E-state index in [0.29, 0.717) is 18.5 Å². The summed E-state index contributed by atoms with van der Waals surface area (Å²) in [7, 11) is 2.12. The van der Waals surface area contributed by atoms with Crippen LogP contribution < -0.4 is 4.90 Å². The Kier molecular flexibility index (Phi) is 4.80. The van der Waals surface area contributed by atoms with Gasteiger partial charge in [-0.2, -0.15) is 4.98 Å². The van der Waals surface area contributed by atoms with Crippen molar-refractivity contribution in [3.8, 4) is 0 Å². The molecule has 1 aliphatic heterocycles. The Morgan fingerprint density at radius 1 is 1.29 bits per heavy atom. The van der Waals surface area contributed by atoms with Crippen LogP contribution in [0.3, 0.4) is 0 Å². The first-order valence-electron chi connectivity index (χ1n) is 8.52. The molecule has 2 aromatic rings. The highest BCUT2D eigenvalue weighted by molar-refractivity contribution is 5.41. The standard InChI is InChI=1S/C17H26N6O/c1-11(2)17-20-15(21-24-17)10-22(5)14-6-7-23(9-14)16-8-12(3)18-13(4)19-16/h8,11,14H,6-7,9-10H2,1-5H3. The van der Waals surface area contributed by atoms with Crippen LogP contribution in [0.1, 0.15) is 49.4 Å². The molecule has 3 heterocycles. The Labute approximate surface area is 143 Å². The molecule has 0 bridgehead atoms. The smallest absolute Gasteiger partial charge is 0.229 e. The lowest BCUT2D eigenvalue weighted by molar-refractivity contribution is 0.240. The second-order valence-electron chi connectivity index (χ2n) is 6.92. The van der Waals surface area contributed by atoms with Crippen molar-refractivity contribution in [3.63, 3.8) is 0 Å². The quantitative estimate of drug-likeness (QED) is 0.833. The maximum atomic E-state index is 5.29. The van der Waals surface area contributed by atoms with E-state index < -0.39 is 0 Å². The van der Waals surface area contributed by atoms with Crippen LogP contribution in [0, 0.1) is 13.8 Å². The molecule has 1 unspecified atom stereocenters. The molecule has 0 N–H and O–H groups in total. The van der Waals surface area contributed by atoms with E-state index in [1.54, 1.807) is 0 Å². The lowest BCUT2D eigenvalue weighted by atomic mass is 10.2. The fourth-order valence-corrected chi connectivity index (χ4v) is 3.09. The predicted molar refractivity (Wildman–Crippen MR) is 92.0 cm³/mol. The molecule has 7 heteroatoms. The van der Waals surface area contributed by atoms with E-state index in [0.717, 1.165) is 42.7 Å². The Hall–Kier alpha value is -2.02. The van der Waals surface area contributed by atoms with Gasteiger partial charge in [0.1, 0.15) is 11.6 Å². The highest BCUT2D eigenvalue weighted by Crippen LogP contribution is 2.22. The number of anilines is 1. The molecule has 1 atom stereocenters. The maximum Gasteiger partial charge on any atom is 0.229 e. The van der Waals surface area contributed by atoms with Gasteiger partial charge < -0.3 is 9.42 Å². The maximum absolute atomic E-state index is 5.29. The topological polar surface area (TPSA) is 71.2 Å². The molecular weight excluding hydrogens is 304 g/mol. The molecule has 1 saturated heterocycles. The second-order valence-corrected chi connectivity index (χ2v) is 6.92. The zero-order valence-corrected chi connectivity index (χ0v) is 15.2. The third-order valence-electron chi connectivity index (χ3n) is 4.43. The van der Waals surface area contributed by atoms with Crippen molar-refractivity contribution in [2.24, 2.45) is 0 Å². The summed E-state index contributed by atoms with van der Waals surface area (Å²) in [5, 5.41) is 4.09. The van der Waals surface area contributed by atoms with Crippen LogP contribution in [-0.2, 0) is 6.54 Å². The minimum atomic E-state index is 0.266. The van der Waals surface area contributed by atoms with Crippen molar-refractivity contribution in [2.45, 2.75) is 52.6 Å². The third kappa shape index (κ3) is 3.72. The first kappa shape index (κ1) is 16.8. The van der Waals surface area contributed by atoms with Crippen molar-refractivity contribution in [1.29, 1.82) is 0 Å². The molecule has 0 radical (unpaired) electrons. The van der Waals surface area contributed by atoms with Crippen LogP contribution in [0.4, 0.5) is 5.82 Å². The molecule has 0 aliphatic carbocycles. The van der Waals surface area contributed by atoms with Crippen LogP contribution in [0.2, 0.25) is 0 Å². The van der Waals surface area contributed by atoms with Crippen LogP contribution in [-0.4, -0.2) is 51.2 Å². The first-order valence-corrected chi connectivity index (χ1v) is 8.52. The number of hydrogen-bond donors (Lipinski definition) is 0. The summed E-state index contributed by atoms with van der Waals surface area (Å²) >= 11 is 0. The van der Waals surface area contributed by atoms with E-state index in [4.69, 9.17) is 4.52 Å². The predicted octanol–water partition coefficient (Wildman–Crippen LogP) is 2.31. The van der Waals surface area contributed by atoms with Crippen LogP contribution >= 0.6 is 0 Å². The summed E-state index contributed by atoms with van der Waals surface area (Å²) in [6, 6.07) is 2.52. The molecule has 0 saturated carbocycles. The number of rotatable bonds is 5. The van der Waals surface area contributed by atoms with Crippen molar-refractivity contribution in [2.75, 3.05) is 25.0 Å². The molecule has 24 heavy (non-hydrogen) atoms. The summed E-state index contributed by atoms with van der Waals surface area (Å²) in [6.07, 6.45) is 1.10. The molecular formula is C17H26N6O. The van der Waals surface area contributed by atoms with Crippen molar-refractivity contribution >= 4 is 5.82 Å². The number of aromatic nitrogens is 4. The Morgan fingerprint density at radius 2 is 2.08 bits per heavy atom. The minimum Gasteiger partial charge on any atom is -0.355 e. The summed E-state index contributed by atoms with van der Waals surface area (Å²) in [6.45, 7) is 10.7. The summed E-state index contributed by atoms with van der Waals surface area (Å²) < 4.78 is 5.29. The monoisotopic (exact) mass is 330 g/mol.